The summed E-state index contributed by atoms with van der Waals surface area (Å²) in [5, 5.41) is 3.31. The minimum Gasteiger partial charge on any atom is -0.468 e. The lowest BCUT2D eigenvalue weighted by molar-refractivity contribution is -0.142. The monoisotopic (exact) mass is 484 g/mol. The van der Waals surface area contributed by atoms with Crippen LogP contribution in [0.2, 0.25) is 5.02 Å². The predicted octanol–water partition coefficient (Wildman–Crippen LogP) is 5.09. The first-order valence-corrected chi connectivity index (χ1v) is 10.3. The smallest absolute Gasteiger partial charge is 0.322 e. The van der Waals surface area contributed by atoms with E-state index in [2.05, 4.69) is 10.1 Å². The van der Waals surface area contributed by atoms with Crippen LogP contribution in [0.4, 0.5) is 5.69 Å². The molecule has 0 radical (unpaired) electrons. The van der Waals surface area contributed by atoms with Gasteiger partial charge in [0.1, 0.15) is 17.5 Å². The number of rotatable bonds is 6. The van der Waals surface area contributed by atoms with E-state index in [1.54, 1.807) is 30.3 Å². The van der Waals surface area contributed by atoms with Crippen LogP contribution in [-0.4, -0.2) is 25.0 Å². The van der Waals surface area contributed by atoms with Crippen molar-refractivity contribution in [2.75, 3.05) is 12.4 Å². The molecule has 0 bridgehead atoms. The number of hydrogen-bond donors (Lipinski definition) is 2. The first-order valence-electron chi connectivity index (χ1n) is 9.97. The average molecular weight is 485 g/mol. The molecule has 1 unspecified atom stereocenters. The molecule has 1 heterocycles. The summed E-state index contributed by atoms with van der Waals surface area (Å²) < 4.78 is 10.5. The van der Waals surface area contributed by atoms with Gasteiger partial charge in [-0.2, -0.15) is 0 Å². The van der Waals surface area contributed by atoms with Gasteiger partial charge in [-0.1, -0.05) is 41.9 Å². The van der Waals surface area contributed by atoms with Crippen LogP contribution >= 0.6 is 24.0 Å². The maximum Gasteiger partial charge on any atom is 0.322 e. The van der Waals surface area contributed by atoms with Crippen LogP contribution in [0.15, 0.2) is 66.7 Å². The second kappa shape index (κ2) is 10.5. The number of ether oxygens (including phenoxy) is 2. The number of hydrogen-bond acceptors (Lipinski definition) is 5. The Labute approximate surface area is 202 Å². The third kappa shape index (κ3) is 5.54. The summed E-state index contributed by atoms with van der Waals surface area (Å²) in [4.78, 5) is 23.8. The Bertz CT molecular complexity index is 1210. The number of methoxy groups -OCH3 is 1. The fourth-order valence-corrected chi connectivity index (χ4v) is 3.67. The van der Waals surface area contributed by atoms with Gasteiger partial charge in [-0.05, 0) is 60.0 Å². The molecule has 1 amide bonds. The largest absolute Gasteiger partial charge is 0.468 e. The lowest BCUT2D eigenvalue weighted by atomic mass is 10.0. The molecule has 0 fully saturated rings. The maximum atomic E-state index is 12.3. The number of halogens is 2. The molecule has 3 N–H and O–H groups in total. The van der Waals surface area contributed by atoms with Crippen LogP contribution in [0, 0.1) is 0 Å². The molecule has 1 aliphatic heterocycles. The van der Waals surface area contributed by atoms with E-state index in [4.69, 9.17) is 22.1 Å². The van der Waals surface area contributed by atoms with Crippen LogP contribution in [0.3, 0.4) is 0 Å². The Morgan fingerprint density at radius 3 is 2.48 bits per heavy atom. The highest BCUT2D eigenvalue weighted by atomic mass is 35.5. The summed E-state index contributed by atoms with van der Waals surface area (Å²) in [5.74, 6) is 0.572. The van der Waals surface area contributed by atoms with Crippen molar-refractivity contribution in [3.05, 3.63) is 88.4 Å². The van der Waals surface area contributed by atoms with Gasteiger partial charge in [-0.15, -0.1) is 12.4 Å². The predicted molar refractivity (Wildman–Crippen MR) is 132 cm³/mol. The SMILES string of the molecule is COC(=O)C(N)Cc1ccc(Oc2ccc(C=C3C(=O)Nc4ccccc43)c(Cl)c2)cc1.Cl. The molecule has 33 heavy (non-hydrogen) atoms. The number of anilines is 1. The molecule has 4 rings (SSSR count). The normalized spacial score (nSPS) is 14.2. The Morgan fingerprint density at radius 1 is 1.09 bits per heavy atom. The number of benzene rings is 3. The molecule has 0 aromatic heterocycles. The molecule has 1 aliphatic rings. The van der Waals surface area contributed by atoms with E-state index in [0.29, 0.717) is 34.1 Å². The van der Waals surface area contributed by atoms with Crippen LogP contribution in [0.25, 0.3) is 11.6 Å². The summed E-state index contributed by atoms with van der Waals surface area (Å²) in [5.41, 5.74) is 9.61. The third-order valence-corrected chi connectivity index (χ3v) is 5.43. The molecule has 0 aliphatic carbocycles. The minimum atomic E-state index is -0.707. The lowest BCUT2D eigenvalue weighted by Crippen LogP contribution is -2.33. The summed E-state index contributed by atoms with van der Waals surface area (Å²) in [6.45, 7) is 0. The van der Waals surface area contributed by atoms with E-state index >= 15 is 0 Å². The lowest BCUT2D eigenvalue weighted by Gasteiger charge is -2.11. The first-order chi connectivity index (χ1) is 15.4. The summed E-state index contributed by atoms with van der Waals surface area (Å²) >= 11 is 6.46. The van der Waals surface area contributed by atoms with Crippen molar-refractivity contribution >= 4 is 53.2 Å². The molecule has 3 aromatic carbocycles. The van der Waals surface area contributed by atoms with Gasteiger partial charge in [0.2, 0.25) is 0 Å². The van der Waals surface area contributed by atoms with Gasteiger partial charge < -0.3 is 20.5 Å². The standard InChI is InChI=1S/C25H21ClN2O4.ClH/c1-31-25(30)22(27)12-15-6-9-17(10-7-15)32-18-11-8-16(21(26)14-18)13-20-19-4-2-3-5-23(19)28-24(20)29;/h2-11,13-14,22H,12,27H2,1H3,(H,28,29);1H. The van der Waals surface area contributed by atoms with Crippen molar-refractivity contribution in [2.45, 2.75) is 12.5 Å². The van der Waals surface area contributed by atoms with Gasteiger partial charge in [-0.3, -0.25) is 9.59 Å². The van der Waals surface area contributed by atoms with Crippen LogP contribution in [0.5, 0.6) is 11.5 Å². The van der Waals surface area contributed by atoms with Gasteiger partial charge >= 0.3 is 5.97 Å². The highest BCUT2D eigenvalue weighted by Crippen LogP contribution is 2.35. The van der Waals surface area contributed by atoms with E-state index in [0.717, 1.165) is 16.8 Å². The number of esters is 1. The number of amides is 1. The van der Waals surface area contributed by atoms with E-state index in [1.807, 2.05) is 42.5 Å². The van der Waals surface area contributed by atoms with Crippen molar-refractivity contribution in [2.24, 2.45) is 5.73 Å². The van der Waals surface area contributed by atoms with E-state index in [-0.39, 0.29) is 18.3 Å². The van der Waals surface area contributed by atoms with Gasteiger partial charge in [-0.25, -0.2) is 0 Å². The molecule has 0 saturated carbocycles. The zero-order valence-corrected chi connectivity index (χ0v) is 19.3. The molecule has 8 heteroatoms. The quantitative estimate of drug-likeness (QED) is 0.375. The number of nitrogens with two attached hydrogens (primary N) is 1. The first kappa shape index (κ1) is 24.3. The number of carbonyl (C=O) groups is 2. The Hall–Kier alpha value is -3.32. The van der Waals surface area contributed by atoms with Crippen LogP contribution in [-0.2, 0) is 20.7 Å². The fraction of sp³-hybridized carbons (Fsp3) is 0.120. The van der Waals surface area contributed by atoms with Crippen molar-refractivity contribution in [3.8, 4) is 11.5 Å². The van der Waals surface area contributed by atoms with E-state index in [1.165, 1.54) is 7.11 Å². The molecule has 6 nitrogen and oxygen atoms in total. The second-order valence-electron chi connectivity index (χ2n) is 7.32. The molecule has 0 spiro atoms. The van der Waals surface area contributed by atoms with Crippen LogP contribution in [0.1, 0.15) is 16.7 Å². The summed E-state index contributed by atoms with van der Waals surface area (Å²) in [6, 6.07) is 19.4. The number of fused-ring (bicyclic) bond motifs is 1. The Morgan fingerprint density at radius 2 is 1.79 bits per heavy atom. The summed E-state index contributed by atoms with van der Waals surface area (Å²) in [7, 11) is 1.31. The molecule has 3 aromatic rings. The highest BCUT2D eigenvalue weighted by Gasteiger charge is 2.23. The topological polar surface area (TPSA) is 90.7 Å². The maximum absolute atomic E-state index is 12.3. The van der Waals surface area contributed by atoms with Crippen molar-refractivity contribution in [3.63, 3.8) is 0 Å². The van der Waals surface area contributed by atoms with E-state index < -0.39 is 12.0 Å². The van der Waals surface area contributed by atoms with E-state index in [9.17, 15) is 9.59 Å². The number of carbonyl (C=O) groups excluding carboxylic acids is 2. The molecule has 1 atom stereocenters. The molecular formula is C25H22Cl2N2O4. The van der Waals surface area contributed by atoms with Gasteiger partial charge in [0.25, 0.3) is 5.91 Å². The van der Waals surface area contributed by atoms with Crippen molar-refractivity contribution in [1.82, 2.24) is 0 Å². The summed E-state index contributed by atoms with van der Waals surface area (Å²) in [6.07, 6.45) is 2.14. The fourth-order valence-electron chi connectivity index (χ4n) is 3.44. The molecular weight excluding hydrogens is 463 g/mol. The molecule has 170 valence electrons. The van der Waals surface area contributed by atoms with Gasteiger partial charge in [0.15, 0.2) is 0 Å². The van der Waals surface area contributed by atoms with Crippen LogP contribution < -0.4 is 15.8 Å². The zero-order valence-electron chi connectivity index (χ0n) is 17.7. The third-order valence-electron chi connectivity index (χ3n) is 5.10. The van der Waals surface area contributed by atoms with Crippen molar-refractivity contribution < 1.29 is 19.1 Å². The van der Waals surface area contributed by atoms with Crippen molar-refractivity contribution in [1.29, 1.82) is 0 Å². The Balaban J connectivity index is 0.00000306. The Kier molecular flexibility index (Phi) is 7.76. The molecule has 0 saturated heterocycles. The zero-order chi connectivity index (χ0) is 22.7. The second-order valence-corrected chi connectivity index (χ2v) is 7.73. The number of para-hydroxylation sites is 1. The highest BCUT2D eigenvalue weighted by molar-refractivity contribution is 6.37. The number of nitrogens with one attached hydrogen (secondary N) is 1. The van der Waals surface area contributed by atoms with Gasteiger partial charge in [0.05, 0.1) is 12.1 Å². The average Bonchev–Trinajstić information content (AvgIpc) is 3.11. The minimum absolute atomic E-state index is 0. The van der Waals surface area contributed by atoms with Gasteiger partial charge in [0, 0.05) is 16.8 Å².